The van der Waals surface area contributed by atoms with Crippen LogP contribution in [0.2, 0.25) is 0 Å². The van der Waals surface area contributed by atoms with Crippen molar-refractivity contribution >= 4 is 5.78 Å². The molecule has 30 heavy (non-hydrogen) atoms. The van der Waals surface area contributed by atoms with Crippen LogP contribution in [0.5, 0.6) is 0 Å². The standard InChI is InChI=1S/C27H44O3/c1-19(29)23-10-11-24-22-9-8-20-18-21(30-17-7-5-4-6-16-28)12-14-26(20,2)25(22)13-15-27(23,24)3/h8,21-25,28H,4-7,9-18H2,1-3H3/t21-,22-,23+,24-,25-,26-,27+/m0/s1. The highest BCUT2D eigenvalue weighted by atomic mass is 16.5. The van der Waals surface area contributed by atoms with Crippen LogP contribution in [-0.4, -0.2) is 30.2 Å². The molecule has 0 heterocycles. The zero-order valence-electron chi connectivity index (χ0n) is 19.6. The maximum absolute atomic E-state index is 12.3. The lowest BCUT2D eigenvalue weighted by Crippen LogP contribution is -2.51. The van der Waals surface area contributed by atoms with Crippen molar-refractivity contribution in [2.75, 3.05) is 13.2 Å². The number of rotatable bonds is 8. The molecule has 0 aromatic rings. The van der Waals surface area contributed by atoms with Crippen LogP contribution in [0.4, 0.5) is 0 Å². The molecule has 3 saturated carbocycles. The first-order valence-electron chi connectivity index (χ1n) is 12.8. The molecule has 0 aromatic carbocycles. The van der Waals surface area contributed by atoms with E-state index < -0.39 is 0 Å². The number of hydrogen-bond acceptors (Lipinski definition) is 3. The average Bonchev–Trinajstić information content (AvgIpc) is 3.08. The fourth-order valence-corrected chi connectivity index (χ4v) is 8.25. The first-order valence-corrected chi connectivity index (χ1v) is 12.8. The summed E-state index contributed by atoms with van der Waals surface area (Å²) in [6, 6.07) is 0. The molecule has 170 valence electrons. The predicted octanol–water partition coefficient (Wildman–Crippen LogP) is 6.09. The normalized spacial score (nSPS) is 42.8. The quantitative estimate of drug-likeness (QED) is 0.384. The molecule has 4 rings (SSSR count). The van der Waals surface area contributed by atoms with Crippen molar-refractivity contribution in [2.24, 2.45) is 34.5 Å². The number of hydrogen-bond donors (Lipinski definition) is 1. The fourth-order valence-electron chi connectivity index (χ4n) is 8.25. The number of carbonyl (C=O) groups excluding carboxylic acids is 1. The first kappa shape index (κ1) is 22.5. The van der Waals surface area contributed by atoms with Crippen molar-refractivity contribution in [3.05, 3.63) is 11.6 Å². The van der Waals surface area contributed by atoms with Crippen molar-refractivity contribution in [1.29, 1.82) is 0 Å². The summed E-state index contributed by atoms with van der Waals surface area (Å²) in [6.45, 7) is 8.02. The minimum Gasteiger partial charge on any atom is -0.396 e. The van der Waals surface area contributed by atoms with Crippen LogP contribution in [-0.2, 0) is 9.53 Å². The van der Waals surface area contributed by atoms with Crippen LogP contribution >= 0.6 is 0 Å². The molecule has 0 unspecified atom stereocenters. The topological polar surface area (TPSA) is 46.5 Å². The van der Waals surface area contributed by atoms with E-state index in [9.17, 15) is 4.79 Å². The molecule has 0 radical (unpaired) electrons. The predicted molar refractivity (Wildman–Crippen MR) is 121 cm³/mol. The molecule has 3 heteroatoms. The number of carbonyl (C=O) groups is 1. The molecule has 0 aromatic heterocycles. The summed E-state index contributed by atoms with van der Waals surface area (Å²) in [5.74, 6) is 3.08. The van der Waals surface area contributed by atoms with Crippen molar-refractivity contribution < 1.29 is 14.6 Å². The number of unbranched alkanes of at least 4 members (excludes halogenated alkanes) is 3. The van der Waals surface area contributed by atoms with Crippen LogP contribution < -0.4 is 0 Å². The van der Waals surface area contributed by atoms with E-state index in [0.29, 0.717) is 29.8 Å². The minimum absolute atomic E-state index is 0.255. The van der Waals surface area contributed by atoms with Gasteiger partial charge in [-0.1, -0.05) is 38.3 Å². The van der Waals surface area contributed by atoms with Gasteiger partial charge in [-0.05, 0) is 99.7 Å². The lowest BCUT2D eigenvalue weighted by molar-refractivity contribution is -0.127. The number of fused-ring (bicyclic) bond motifs is 5. The third-order valence-corrected chi connectivity index (χ3v) is 9.96. The maximum Gasteiger partial charge on any atom is 0.133 e. The summed E-state index contributed by atoms with van der Waals surface area (Å²) in [7, 11) is 0. The van der Waals surface area contributed by atoms with Gasteiger partial charge in [0.25, 0.3) is 0 Å². The van der Waals surface area contributed by atoms with Gasteiger partial charge >= 0.3 is 0 Å². The highest BCUT2D eigenvalue weighted by molar-refractivity contribution is 5.79. The van der Waals surface area contributed by atoms with Crippen molar-refractivity contribution in [3.8, 4) is 0 Å². The van der Waals surface area contributed by atoms with E-state index in [1.54, 1.807) is 5.57 Å². The second-order valence-electron chi connectivity index (χ2n) is 11.4. The smallest absolute Gasteiger partial charge is 0.133 e. The molecule has 1 N–H and O–H groups in total. The van der Waals surface area contributed by atoms with E-state index >= 15 is 0 Å². The van der Waals surface area contributed by atoms with Crippen LogP contribution in [0.15, 0.2) is 11.6 Å². The Morgan fingerprint density at radius 2 is 1.87 bits per heavy atom. The van der Waals surface area contributed by atoms with Gasteiger partial charge < -0.3 is 9.84 Å². The summed E-state index contributed by atoms with van der Waals surface area (Å²) in [5, 5.41) is 8.89. The number of allylic oxidation sites excluding steroid dienone is 1. The summed E-state index contributed by atoms with van der Waals surface area (Å²) in [5.41, 5.74) is 2.30. The zero-order chi connectivity index (χ0) is 21.4. The molecule has 0 aliphatic heterocycles. The summed E-state index contributed by atoms with van der Waals surface area (Å²) >= 11 is 0. The highest BCUT2D eigenvalue weighted by Crippen LogP contribution is 2.66. The molecule has 0 bridgehead atoms. The van der Waals surface area contributed by atoms with Crippen LogP contribution in [0.1, 0.15) is 97.8 Å². The maximum atomic E-state index is 12.3. The molecule has 3 nitrogen and oxygen atoms in total. The Bertz CT molecular complexity index is 654. The Labute approximate surface area is 184 Å². The Kier molecular flexibility index (Phi) is 6.80. The summed E-state index contributed by atoms with van der Waals surface area (Å²) < 4.78 is 6.28. The van der Waals surface area contributed by atoms with Gasteiger partial charge in [0.1, 0.15) is 5.78 Å². The number of aliphatic hydroxyl groups excluding tert-OH is 1. The van der Waals surface area contributed by atoms with E-state index in [2.05, 4.69) is 19.9 Å². The minimum atomic E-state index is 0.255. The molecule has 4 aliphatic carbocycles. The van der Waals surface area contributed by atoms with E-state index in [-0.39, 0.29) is 5.41 Å². The molecular formula is C27H44O3. The number of aliphatic hydroxyl groups is 1. The molecule has 0 spiro atoms. The molecule has 0 saturated heterocycles. The van der Waals surface area contributed by atoms with Gasteiger partial charge in [-0.3, -0.25) is 4.79 Å². The average molecular weight is 417 g/mol. The van der Waals surface area contributed by atoms with Gasteiger partial charge in [-0.2, -0.15) is 0 Å². The molecule has 3 fully saturated rings. The first-order chi connectivity index (χ1) is 14.4. The second-order valence-corrected chi connectivity index (χ2v) is 11.4. The molecule has 7 atom stereocenters. The Balaban J connectivity index is 1.38. The van der Waals surface area contributed by atoms with Crippen molar-refractivity contribution in [1.82, 2.24) is 0 Å². The number of Topliss-reactive ketones (excluding diaryl/α,β-unsaturated/α-hetero) is 1. The third kappa shape index (κ3) is 3.94. The molecule has 0 amide bonds. The Morgan fingerprint density at radius 1 is 1.07 bits per heavy atom. The molecular weight excluding hydrogens is 372 g/mol. The van der Waals surface area contributed by atoms with Gasteiger partial charge in [-0.25, -0.2) is 0 Å². The Morgan fingerprint density at radius 3 is 2.63 bits per heavy atom. The fraction of sp³-hybridized carbons (Fsp3) is 0.889. The second kappa shape index (κ2) is 9.06. The SMILES string of the molecule is CC(=O)[C@H]1CC[C@H]2[C@@H]3CC=C4C[C@@H](OCCCCCCO)CC[C@]4(C)[C@H]3CC[C@]12C. The van der Waals surface area contributed by atoms with Gasteiger partial charge in [0.2, 0.25) is 0 Å². The zero-order valence-corrected chi connectivity index (χ0v) is 19.6. The summed E-state index contributed by atoms with van der Waals surface area (Å²) in [6.07, 6.45) is 17.1. The van der Waals surface area contributed by atoms with Gasteiger partial charge in [0, 0.05) is 19.1 Å². The van der Waals surface area contributed by atoms with Crippen LogP contribution in [0.3, 0.4) is 0 Å². The van der Waals surface area contributed by atoms with Gasteiger partial charge in [0.05, 0.1) is 6.10 Å². The van der Waals surface area contributed by atoms with E-state index in [0.717, 1.165) is 56.5 Å². The third-order valence-electron chi connectivity index (χ3n) is 9.96. The highest BCUT2D eigenvalue weighted by Gasteiger charge is 2.59. The Hall–Kier alpha value is -0.670. The monoisotopic (exact) mass is 416 g/mol. The van der Waals surface area contributed by atoms with Crippen LogP contribution in [0.25, 0.3) is 0 Å². The summed E-state index contributed by atoms with van der Waals surface area (Å²) in [4.78, 5) is 12.3. The van der Waals surface area contributed by atoms with Gasteiger partial charge in [-0.15, -0.1) is 0 Å². The van der Waals surface area contributed by atoms with Crippen LogP contribution in [0, 0.1) is 34.5 Å². The van der Waals surface area contributed by atoms with E-state index in [1.807, 2.05) is 6.92 Å². The van der Waals surface area contributed by atoms with Gasteiger partial charge in [0.15, 0.2) is 0 Å². The number of ketones is 1. The number of ether oxygens (including phenoxy) is 1. The van der Waals surface area contributed by atoms with Crippen molar-refractivity contribution in [3.63, 3.8) is 0 Å². The lowest BCUT2D eigenvalue weighted by Gasteiger charge is -2.58. The molecule has 4 aliphatic rings. The van der Waals surface area contributed by atoms with E-state index in [4.69, 9.17) is 9.84 Å². The largest absolute Gasteiger partial charge is 0.396 e. The lowest BCUT2D eigenvalue weighted by atomic mass is 9.47. The van der Waals surface area contributed by atoms with Crippen molar-refractivity contribution in [2.45, 2.75) is 104 Å². The van der Waals surface area contributed by atoms with E-state index in [1.165, 1.54) is 44.9 Å².